The van der Waals surface area contributed by atoms with Crippen LogP contribution in [0, 0.1) is 0 Å². The zero-order valence-corrected chi connectivity index (χ0v) is 9.02. The van der Waals surface area contributed by atoms with Gasteiger partial charge in [0.2, 0.25) is 0 Å². The molecule has 2 rings (SSSR count). The van der Waals surface area contributed by atoms with Gasteiger partial charge in [0, 0.05) is 6.20 Å². The van der Waals surface area contributed by atoms with Crippen molar-refractivity contribution in [2.45, 2.75) is 0 Å². The summed E-state index contributed by atoms with van der Waals surface area (Å²) in [6.45, 7) is 0. The average Bonchev–Trinajstić information content (AvgIpc) is 2.79. The largest absolute Gasteiger partial charge is 0.257 e. The molecule has 0 aliphatic rings. The summed E-state index contributed by atoms with van der Waals surface area (Å²) >= 11 is 1.71. The average molecular weight is 213 g/mol. The van der Waals surface area contributed by atoms with Crippen LogP contribution >= 0.6 is 11.3 Å². The Hall–Kier alpha value is -1.67. The minimum absolute atomic E-state index is 0.979. The molecule has 0 N–H and O–H groups in total. The summed E-state index contributed by atoms with van der Waals surface area (Å²) in [7, 11) is 0. The van der Waals surface area contributed by atoms with Crippen molar-refractivity contribution in [3.05, 3.63) is 64.6 Å². The van der Waals surface area contributed by atoms with Gasteiger partial charge in [-0.1, -0.05) is 24.3 Å². The first kappa shape index (κ1) is 9.87. The highest BCUT2D eigenvalue weighted by Gasteiger charge is 1.83. The molecule has 2 heterocycles. The first-order valence-electron chi connectivity index (χ1n) is 4.73. The molecule has 0 saturated carbocycles. The van der Waals surface area contributed by atoms with Crippen molar-refractivity contribution in [1.82, 2.24) is 4.98 Å². The van der Waals surface area contributed by atoms with Gasteiger partial charge in [0.1, 0.15) is 0 Å². The van der Waals surface area contributed by atoms with Crippen LogP contribution < -0.4 is 0 Å². The molecule has 74 valence electrons. The molecular weight excluding hydrogens is 202 g/mol. The van der Waals surface area contributed by atoms with Crippen molar-refractivity contribution in [2.75, 3.05) is 0 Å². The van der Waals surface area contributed by atoms with Gasteiger partial charge in [-0.25, -0.2) is 0 Å². The monoisotopic (exact) mass is 213 g/mol. The molecule has 1 nitrogen and oxygen atoms in total. The zero-order chi connectivity index (χ0) is 10.3. The van der Waals surface area contributed by atoms with Crippen molar-refractivity contribution in [1.29, 1.82) is 0 Å². The van der Waals surface area contributed by atoms with E-state index in [0.717, 1.165) is 5.69 Å². The van der Waals surface area contributed by atoms with E-state index in [-0.39, 0.29) is 0 Å². The highest BCUT2D eigenvalue weighted by molar-refractivity contribution is 7.08. The summed E-state index contributed by atoms with van der Waals surface area (Å²) < 4.78 is 0. The van der Waals surface area contributed by atoms with Gasteiger partial charge in [0.25, 0.3) is 0 Å². The van der Waals surface area contributed by atoms with Crippen LogP contribution in [0.3, 0.4) is 0 Å². The number of rotatable bonds is 3. The maximum Gasteiger partial charge on any atom is 0.0629 e. The Morgan fingerprint density at radius 2 is 2.00 bits per heavy atom. The summed E-state index contributed by atoms with van der Waals surface area (Å²) in [5, 5.41) is 4.19. The molecule has 0 atom stereocenters. The minimum atomic E-state index is 0.979. The smallest absolute Gasteiger partial charge is 0.0629 e. The van der Waals surface area contributed by atoms with Gasteiger partial charge in [-0.3, -0.25) is 4.98 Å². The fourth-order valence-corrected chi connectivity index (χ4v) is 1.79. The van der Waals surface area contributed by atoms with E-state index in [0.29, 0.717) is 0 Å². The van der Waals surface area contributed by atoms with E-state index < -0.39 is 0 Å². The van der Waals surface area contributed by atoms with Crippen molar-refractivity contribution < 1.29 is 0 Å². The highest BCUT2D eigenvalue weighted by atomic mass is 32.1. The van der Waals surface area contributed by atoms with Crippen LogP contribution in [0.25, 0.3) is 12.2 Å². The van der Waals surface area contributed by atoms with Crippen LogP contribution in [0.5, 0.6) is 0 Å². The number of thiophene rings is 1. The third kappa shape index (κ3) is 3.18. The number of allylic oxidation sites excluding steroid dienone is 2. The van der Waals surface area contributed by atoms with Gasteiger partial charge >= 0.3 is 0 Å². The standard InChI is InChI=1S/C13H11NS/c1(5-12-8-10-15-11-12)2-6-13-7-3-4-9-14-13/h1-11H. The molecule has 2 aromatic rings. The summed E-state index contributed by atoms with van der Waals surface area (Å²) in [6.07, 6.45) is 9.89. The molecule has 0 bridgehead atoms. The maximum atomic E-state index is 4.19. The van der Waals surface area contributed by atoms with Gasteiger partial charge in [-0.15, -0.1) is 0 Å². The normalized spacial score (nSPS) is 11.5. The SMILES string of the molecule is C(C=Cc1ccccn1)=Cc1ccsc1. The van der Waals surface area contributed by atoms with Crippen LogP contribution in [0.15, 0.2) is 53.4 Å². The lowest BCUT2D eigenvalue weighted by atomic mass is 10.3. The summed E-state index contributed by atoms with van der Waals surface area (Å²) in [6, 6.07) is 7.97. The van der Waals surface area contributed by atoms with E-state index in [2.05, 4.69) is 27.9 Å². The van der Waals surface area contributed by atoms with Crippen LogP contribution in [0.4, 0.5) is 0 Å². The highest BCUT2D eigenvalue weighted by Crippen LogP contribution is 2.07. The number of hydrogen-bond donors (Lipinski definition) is 0. The van der Waals surface area contributed by atoms with Crippen molar-refractivity contribution >= 4 is 23.5 Å². The van der Waals surface area contributed by atoms with Crippen LogP contribution in [-0.2, 0) is 0 Å². The Labute approximate surface area is 93.4 Å². The lowest BCUT2D eigenvalue weighted by Gasteiger charge is -1.87. The van der Waals surface area contributed by atoms with E-state index in [9.17, 15) is 0 Å². The quantitative estimate of drug-likeness (QED) is 0.705. The Kier molecular flexibility index (Phi) is 3.47. The Balaban J connectivity index is 1.96. The Morgan fingerprint density at radius 3 is 2.73 bits per heavy atom. The van der Waals surface area contributed by atoms with Gasteiger partial charge in [0.15, 0.2) is 0 Å². The second kappa shape index (κ2) is 5.27. The van der Waals surface area contributed by atoms with E-state index in [4.69, 9.17) is 0 Å². The van der Waals surface area contributed by atoms with Gasteiger partial charge in [0.05, 0.1) is 5.69 Å². The molecule has 0 saturated heterocycles. The number of nitrogens with zero attached hydrogens (tertiary/aromatic N) is 1. The molecule has 2 aromatic heterocycles. The molecule has 0 aromatic carbocycles. The molecule has 0 spiro atoms. The fraction of sp³-hybridized carbons (Fsp3) is 0. The van der Waals surface area contributed by atoms with Crippen molar-refractivity contribution in [3.63, 3.8) is 0 Å². The molecular formula is C13H11NS. The second-order valence-corrected chi connectivity index (χ2v) is 3.81. The Morgan fingerprint density at radius 1 is 1.07 bits per heavy atom. The summed E-state index contributed by atoms with van der Waals surface area (Å²) in [4.78, 5) is 4.19. The summed E-state index contributed by atoms with van der Waals surface area (Å²) in [5.41, 5.74) is 2.22. The van der Waals surface area contributed by atoms with Gasteiger partial charge in [-0.2, -0.15) is 11.3 Å². The number of hydrogen-bond acceptors (Lipinski definition) is 2. The lowest BCUT2D eigenvalue weighted by molar-refractivity contribution is 1.30. The minimum Gasteiger partial charge on any atom is -0.257 e. The van der Waals surface area contributed by atoms with Crippen molar-refractivity contribution in [3.8, 4) is 0 Å². The second-order valence-electron chi connectivity index (χ2n) is 3.03. The van der Waals surface area contributed by atoms with Crippen LogP contribution in [0.2, 0.25) is 0 Å². The number of aromatic nitrogens is 1. The molecule has 0 aliphatic heterocycles. The van der Waals surface area contributed by atoms with Crippen LogP contribution in [-0.4, -0.2) is 4.98 Å². The van der Waals surface area contributed by atoms with E-state index in [1.165, 1.54) is 5.56 Å². The molecule has 0 amide bonds. The molecule has 0 aliphatic carbocycles. The third-order valence-corrected chi connectivity index (χ3v) is 2.60. The van der Waals surface area contributed by atoms with Gasteiger partial charge < -0.3 is 0 Å². The third-order valence-electron chi connectivity index (χ3n) is 1.90. The van der Waals surface area contributed by atoms with E-state index in [1.807, 2.05) is 36.4 Å². The predicted octanol–water partition coefficient (Wildman–Crippen LogP) is 3.87. The lowest BCUT2D eigenvalue weighted by Crippen LogP contribution is -1.74. The van der Waals surface area contributed by atoms with Gasteiger partial charge in [-0.05, 0) is 40.6 Å². The summed E-state index contributed by atoms with van der Waals surface area (Å²) in [5.74, 6) is 0. The van der Waals surface area contributed by atoms with E-state index in [1.54, 1.807) is 17.5 Å². The first-order valence-corrected chi connectivity index (χ1v) is 5.67. The zero-order valence-electron chi connectivity index (χ0n) is 8.21. The molecule has 15 heavy (non-hydrogen) atoms. The molecule has 0 unspecified atom stereocenters. The Bertz CT molecular complexity index is 441. The van der Waals surface area contributed by atoms with E-state index >= 15 is 0 Å². The maximum absolute atomic E-state index is 4.19. The predicted molar refractivity (Wildman–Crippen MR) is 66.6 cm³/mol. The fourth-order valence-electron chi connectivity index (χ4n) is 1.17. The first-order chi connectivity index (χ1) is 7.45. The van der Waals surface area contributed by atoms with Crippen LogP contribution in [0.1, 0.15) is 11.3 Å². The molecule has 2 heteroatoms. The number of pyridine rings is 1. The topological polar surface area (TPSA) is 12.9 Å². The molecule has 0 fully saturated rings. The van der Waals surface area contributed by atoms with Crippen molar-refractivity contribution in [2.24, 2.45) is 0 Å². The molecule has 0 radical (unpaired) electrons.